The Morgan fingerprint density at radius 2 is 2.29 bits per heavy atom. The standard InChI is InChI=1S/C7H10N2O4S/c1-5-2-6(13-9-5)3-14(11,12)4-7(8)10/h2H,3-4H2,1H3,(H2,8,10). The highest BCUT2D eigenvalue weighted by molar-refractivity contribution is 7.91. The summed E-state index contributed by atoms with van der Waals surface area (Å²) in [6, 6.07) is 1.50. The van der Waals surface area contributed by atoms with E-state index in [0.29, 0.717) is 5.69 Å². The van der Waals surface area contributed by atoms with Crippen LogP contribution in [0.2, 0.25) is 0 Å². The lowest BCUT2D eigenvalue weighted by molar-refractivity contribution is -0.115. The summed E-state index contributed by atoms with van der Waals surface area (Å²) in [6.07, 6.45) is 0. The first-order valence-corrected chi connectivity index (χ1v) is 5.62. The van der Waals surface area contributed by atoms with Gasteiger partial charge in [0, 0.05) is 6.07 Å². The Kier molecular flexibility index (Phi) is 2.90. The molecule has 0 saturated carbocycles. The smallest absolute Gasteiger partial charge is 0.232 e. The van der Waals surface area contributed by atoms with Crippen LogP contribution in [0.1, 0.15) is 11.5 Å². The van der Waals surface area contributed by atoms with E-state index < -0.39 is 21.5 Å². The molecule has 0 fully saturated rings. The van der Waals surface area contributed by atoms with Crippen LogP contribution >= 0.6 is 0 Å². The molecule has 2 N–H and O–H groups in total. The number of amides is 1. The molecule has 14 heavy (non-hydrogen) atoms. The predicted molar refractivity (Wildman–Crippen MR) is 47.9 cm³/mol. The molecule has 1 aromatic rings. The number of carbonyl (C=O) groups is 1. The molecule has 78 valence electrons. The van der Waals surface area contributed by atoms with Crippen LogP contribution in [0.25, 0.3) is 0 Å². The van der Waals surface area contributed by atoms with Crippen molar-refractivity contribution in [2.24, 2.45) is 5.73 Å². The molecule has 0 unspecified atom stereocenters. The molecule has 0 bridgehead atoms. The topological polar surface area (TPSA) is 103 Å². The van der Waals surface area contributed by atoms with Crippen LogP contribution in [0.4, 0.5) is 0 Å². The van der Waals surface area contributed by atoms with Crippen LogP contribution in [0, 0.1) is 6.92 Å². The summed E-state index contributed by atoms with van der Waals surface area (Å²) >= 11 is 0. The van der Waals surface area contributed by atoms with E-state index in [4.69, 9.17) is 10.3 Å². The summed E-state index contributed by atoms with van der Waals surface area (Å²) in [5.41, 5.74) is 5.37. The molecule has 1 amide bonds. The first-order valence-electron chi connectivity index (χ1n) is 3.80. The number of aryl methyl sites for hydroxylation is 1. The second-order valence-electron chi connectivity index (χ2n) is 2.93. The number of nitrogens with two attached hydrogens (primary N) is 1. The van der Waals surface area contributed by atoms with Crippen LogP contribution in [0.3, 0.4) is 0 Å². The maximum atomic E-state index is 11.2. The van der Waals surface area contributed by atoms with Gasteiger partial charge in [-0.05, 0) is 6.92 Å². The molecule has 1 aromatic heterocycles. The number of hydrogen-bond donors (Lipinski definition) is 1. The summed E-state index contributed by atoms with van der Waals surface area (Å²) in [5, 5.41) is 3.52. The van der Waals surface area contributed by atoms with Gasteiger partial charge in [0.15, 0.2) is 15.6 Å². The van der Waals surface area contributed by atoms with Gasteiger partial charge in [-0.25, -0.2) is 8.42 Å². The van der Waals surface area contributed by atoms with Crippen molar-refractivity contribution in [1.29, 1.82) is 0 Å². The average Bonchev–Trinajstić information content (AvgIpc) is 2.30. The van der Waals surface area contributed by atoms with Gasteiger partial charge in [-0.1, -0.05) is 5.16 Å². The van der Waals surface area contributed by atoms with Crippen molar-refractivity contribution < 1.29 is 17.7 Å². The number of primary amides is 1. The van der Waals surface area contributed by atoms with Gasteiger partial charge in [0.25, 0.3) is 0 Å². The molecule has 6 nitrogen and oxygen atoms in total. The van der Waals surface area contributed by atoms with Gasteiger partial charge in [-0.3, -0.25) is 4.79 Å². The lowest BCUT2D eigenvalue weighted by atomic mass is 10.4. The normalized spacial score (nSPS) is 11.5. The van der Waals surface area contributed by atoms with E-state index in [2.05, 4.69) is 5.16 Å². The van der Waals surface area contributed by atoms with Crippen molar-refractivity contribution in [2.45, 2.75) is 12.7 Å². The Bertz CT molecular complexity index is 434. The van der Waals surface area contributed by atoms with Gasteiger partial charge in [-0.2, -0.15) is 0 Å². The maximum absolute atomic E-state index is 11.2. The van der Waals surface area contributed by atoms with Crippen molar-refractivity contribution in [1.82, 2.24) is 5.16 Å². The first-order chi connectivity index (χ1) is 6.39. The van der Waals surface area contributed by atoms with Crippen LogP contribution in [-0.4, -0.2) is 25.2 Å². The van der Waals surface area contributed by atoms with Crippen molar-refractivity contribution in [3.8, 4) is 0 Å². The van der Waals surface area contributed by atoms with Gasteiger partial charge in [-0.15, -0.1) is 0 Å². The van der Waals surface area contributed by atoms with Crippen LogP contribution < -0.4 is 5.73 Å². The number of carbonyl (C=O) groups excluding carboxylic acids is 1. The van der Waals surface area contributed by atoms with E-state index in [1.807, 2.05) is 0 Å². The minimum atomic E-state index is -3.53. The summed E-state index contributed by atoms with van der Waals surface area (Å²) in [5.74, 6) is -1.69. The Morgan fingerprint density at radius 3 is 2.71 bits per heavy atom. The number of rotatable bonds is 4. The highest BCUT2D eigenvalue weighted by Gasteiger charge is 2.17. The van der Waals surface area contributed by atoms with E-state index in [9.17, 15) is 13.2 Å². The average molecular weight is 218 g/mol. The summed E-state index contributed by atoms with van der Waals surface area (Å²) in [7, 11) is -3.53. The van der Waals surface area contributed by atoms with E-state index in [-0.39, 0.29) is 11.5 Å². The predicted octanol–water partition coefficient (Wildman–Crippen LogP) is -0.617. The molecule has 0 radical (unpaired) electrons. The fourth-order valence-corrected chi connectivity index (χ4v) is 2.07. The lowest BCUT2D eigenvalue weighted by Gasteiger charge is -1.96. The SMILES string of the molecule is Cc1cc(CS(=O)(=O)CC(N)=O)on1. The van der Waals surface area contributed by atoms with Crippen molar-refractivity contribution in [2.75, 3.05) is 5.75 Å². The largest absolute Gasteiger partial charge is 0.369 e. The third kappa shape index (κ3) is 3.17. The number of nitrogens with zero attached hydrogens (tertiary/aromatic N) is 1. The van der Waals surface area contributed by atoms with Gasteiger partial charge < -0.3 is 10.3 Å². The molecule has 1 heterocycles. The minimum Gasteiger partial charge on any atom is -0.369 e. The van der Waals surface area contributed by atoms with E-state index in [0.717, 1.165) is 0 Å². The Morgan fingerprint density at radius 1 is 1.64 bits per heavy atom. The van der Waals surface area contributed by atoms with Gasteiger partial charge in [0.05, 0.1) is 5.69 Å². The van der Waals surface area contributed by atoms with Crippen molar-refractivity contribution in [3.63, 3.8) is 0 Å². The zero-order chi connectivity index (χ0) is 10.8. The first kappa shape index (κ1) is 10.7. The summed E-state index contributed by atoms with van der Waals surface area (Å²) < 4.78 is 27.2. The Balaban J connectivity index is 2.73. The molecule has 0 aromatic carbocycles. The molecule has 7 heteroatoms. The fourth-order valence-electron chi connectivity index (χ4n) is 0.969. The molecule has 1 rings (SSSR count). The Hall–Kier alpha value is -1.37. The van der Waals surface area contributed by atoms with Crippen LogP contribution in [0.5, 0.6) is 0 Å². The van der Waals surface area contributed by atoms with Crippen molar-refractivity contribution >= 4 is 15.7 Å². The molecular weight excluding hydrogens is 208 g/mol. The second-order valence-corrected chi connectivity index (χ2v) is 5.00. The van der Waals surface area contributed by atoms with Crippen LogP contribution in [0.15, 0.2) is 10.6 Å². The molecule has 0 saturated heterocycles. The lowest BCUT2D eigenvalue weighted by Crippen LogP contribution is -2.24. The molecule has 0 aliphatic heterocycles. The number of hydrogen-bond acceptors (Lipinski definition) is 5. The van der Waals surface area contributed by atoms with Crippen LogP contribution in [-0.2, 0) is 20.4 Å². The molecular formula is C7H10N2O4S. The second kappa shape index (κ2) is 3.79. The number of aromatic nitrogens is 1. The zero-order valence-electron chi connectivity index (χ0n) is 7.56. The van der Waals surface area contributed by atoms with Crippen molar-refractivity contribution in [3.05, 3.63) is 17.5 Å². The minimum absolute atomic E-state index is 0.212. The van der Waals surface area contributed by atoms with E-state index in [1.165, 1.54) is 6.07 Å². The summed E-state index contributed by atoms with van der Waals surface area (Å²) in [6.45, 7) is 1.67. The highest BCUT2D eigenvalue weighted by Crippen LogP contribution is 2.07. The van der Waals surface area contributed by atoms with Gasteiger partial charge >= 0.3 is 0 Å². The molecule has 0 aliphatic carbocycles. The molecule has 0 atom stereocenters. The summed E-state index contributed by atoms with van der Waals surface area (Å²) in [4.78, 5) is 10.4. The highest BCUT2D eigenvalue weighted by atomic mass is 32.2. The van der Waals surface area contributed by atoms with E-state index in [1.54, 1.807) is 6.92 Å². The third-order valence-corrected chi connectivity index (χ3v) is 2.85. The van der Waals surface area contributed by atoms with E-state index >= 15 is 0 Å². The Labute approximate surface area is 81.0 Å². The molecule has 0 spiro atoms. The number of sulfone groups is 1. The van der Waals surface area contributed by atoms with Gasteiger partial charge in [0.2, 0.25) is 5.91 Å². The molecule has 0 aliphatic rings. The maximum Gasteiger partial charge on any atom is 0.232 e. The fraction of sp³-hybridized carbons (Fsp3) is 0.429. The quantitative estimate of drug-likeness (QED) is 0.725. The zero-order valence-corrected chi connectivity index (χ0v) is 8.37. The monoisotopic (exact) mass is 218 g/mol. The van der Waals surface area contributed by atoms with Gasteiger partial charge in [0.1, 0.15) is 11.5 Å². The third-order valence-electron chi connectivity index (χ3n) is 1.40.